The Kier molecular flexibility index (Phi) is 77.9. The maximum atomic E-state index is 12.4. The van der Waals surface area contributed by atoms with Gasteiger partial charge in [0.15, 0.2) is 0 Å². The van der Waals surface area contributed by atoms with Crippen LogP contribution in [-0.2, 0) is 26.5 Å². The van der Waals surface area contributed by atoms with Gasteiger partial charge in [-0.05, 0) is 50.3 Å². The summed E-state index contributed by atoms with van der Waals surface area (Å²) in [7, 11) is -6.24. The van der Waals surface area contributed by atoms with Gasteiger partial charge in [-0.1, -0.05) is 413 Å². The monoisotopic (exact) mass is 1190 g/mol. The summed E-state index contributed by atoms with van der Waals surface area (Å²) in [6, 6.07) is 0. The molecule has 0 unspecified atom stereocenters. The fourth-order valence-electron chi connectivity index (χ4n) is 11.8. The van der Waals surface area contributed by atoms with E-state index in [1.165, 1.54) is 360 Å². The molecule has 0 spiro atoms. The maximum Gasteiger partial charge on any atom is 2.00 e. The Labute approximate surface area is 511 Å². The summed E-state index contributed by atoms with van der Waals surface area (Å²) in [5.74, 6) is 0. The summed E-state index contributed by atoms with van der Waals surface area (Å²) in [6.07, 6.45) is 87.3. The molecule has 0 aromatic rings. The van der Waals surface area contributed by atoms with Gasteiger partial charge < -0.3 is 18.9 Å². The van der Waals surface area contributed by atoms with Crippen LogP contribution in [0.2, 0.25) is 0 Å². The molecule has 0 aromatic heterocycles. The number of rotatable bonds is 68. The second kappa shape index (κ2) is 73.2. The van der Waals surface area contributed by atoms with Crippen molar-refractivity contribution in [1.82, 2.24) is 0 Å². The van der Waals surface area contributed by atoms with Crippen LogP contribution < -0.4 is 9.79 Å². The van der Waals surface area contributed by atoms with Gasteiger partial charge in [0.25, 0.3) is 0 Å². The fraction of sp³-hybridized carbons (Fsp3) is 1.00. The number of unbranched alkanes of at least 4 members (excludes halogenated alkanes) is 60. The molecule has 0 aliphatic rings. The summed E-state index contributed by atoms with van der Waals surface area (Å²) in [5.41, 5.74) is 0. The van der Waals surface area contributed by atoms with Crippen LogP contribution >= 0.6 is 14.7 Å². The molecule has 0 saturated carbocycles. The van der Waals surface area contributed by atoms with Crippen LogP contribution in [0.15, 0.2) is 0 Å². The summed E-state index contributed by atoms with van der Waals surface area (Å²) < 4.78 is 24.7. The Bertz CT molecular complexity index is 1000. The van der Waals surface area contributed by atoms with Gasteiger partial charge >= 0.3 is 17.4 Å². The second-order valence-electron chi connectivity index (χ2n) is 25.7. The molecule has 0 amide bonds. The Morgan fingerprint density at radius 3 is 0.329 bits per heavy atom. The van der Waals surface area contributed by atoms with E-state index in [2.05, 4.69) is 27.7 Å². The molecule has 0 radical (unpaired) electrons. The molecule has 0 saturated heterocycles. The molecule has 7 heteroatoms. The van der Waals surface area contributed by atoms with Gasteiger partial charge in [-0.15, -0.1) is 0 Å². The molecule has 476 valence electrons. The minimum Gasteiger partial charge on any atom is -0.799 e. The average Bonchev–Trinajstić information content (AvgIpc) is 3.42. The van der Waals surface area contributed by atoms with Gasteiger partial charge in [0.1, 0.15) is 0 Å². The first kappa shape index (κ1) is 84.1. The topological polar surface area (TPSA) is 80.3 Å². The Balaban J connectivity index is -0.00000144. The van der Waals surface area contributed by atoms with E-state index in [4.69, 9.17) is 0 Å². The van der Waals surface area contributed by atoms with E-state index >= 15 is 0 Å². The number of hydrogen-bond acceptors (Lipinski definition) is 4. The molecule has 0 heterocycles. The molecule has 79 heavy (non-hydrogen) atoms. The summed E-state index contributed by atoms with van der Waals surface area (Å²) in [5, 5.41) is 0. The van der Waals surface area contributed by atoms with E-state index in [9.17, 15) is 18.9 Å². The van der Waals surface area contributed by atoms with Crippen LogP contribution in [0.5, 0.6) is 0 Å². The summed E-state index contributed by atoms with van der Waals surface area (Å²) >= 11 is 0. The third-order valence-electron chi connectivity index (χ3n) is 17.4. The molecular weight excluding hydrogens is 1040 g/mol. The van der Waals surface area contributed by atoms with Crippen molar-refractivity contribution in [2.45, 2.75) is 439 Å². The van der Waals surface area contributed by atoms with Crippen molar-refractivity contribution in [1.29, 1.82) is 0 Å². The van der Waals surface area contributed by atoms with Crippen molar-refractivity contribution >= 4 is 14.7 Å². The van der Waals surface area contributed by atoms with Gasteiger partial charge in [0.05, 0.1) is 0 Å². The Hall–Kier alpha value is 0.912. The van der Waals surface area contributed by atoms with E-state index < -0.39 is 14.7 Å². The maximum absolute atomic E-state index is 12.4. The van der Waals surface area contributed by atoms with Gasteiger partial charge in [0.2, 0.25) is 0 Å². The van der Waals surface area contributed by atoms with Crippen LogP contribution in [0.25, 0.3) is 0 Å². The number of hydrogen-bond donors (Lipinski definition) is 0. The largest absolute Gasteiger partial charge is 2.00 e. The van der Waals surface area contributed by atoms with Crippen molar-refractivity contribution < 1.29 is 36.3 Å². The first-order chi connectivity index (χ1) is 38.2. The molecule has 0 rings (SSSR count). The van der Waals surface area contributed by atoms with Gasteiger partial charge in [-0.25, -0.2) is 0 Å². The van der Waals surface area contributed by atoms with Crippen molar-refractivity contribution in [3.8, 4) is 0 Å². The van der Waals surface area contributed by atoms with Crippen molar-refractivity contribution in [2.24, 2.45) is 0 Å². The minimum atomic E-state index is -3.12. The summed E-state index contributed by atoms with van der Waals surface area (Å²) in [6.45, 7) is 9.14. The Morgan fingerprint density at radius 2 is 0.241 bits per heavy atom. The molecule has 0 bridgehead atoms. The van der Waals surface area contributed by atoms with Crippen LogP contribution in [0.1, 0.15) is 439 Å². The minimum absolute atomic E-state index is 0. The standard InChI is InChI=1S/2C36H75O2P.Cr/c2*1-3-5-7-9-11-13-15-17-19-21-23-25-27-29-31-33-35-39(37,38)36-34-32-30-28-26-24-22-20-18-16-14-12-10-8-6-4-2;/h2*3-36H2,1-2H3,(H,37,38);/q;;+2/p-2. The molecule has 0 aliphatic carbocycles. The molecule has 0 aromatic carbocycles. The zero-order chi connectivity index (χ0) is 57.1. The smallest absolute Gasteiger partial charge is 0.799 e. The van der Waals surface area contributed by atoms with Crippen LogP contribution in [-0.4, -0.2) is 24.6 Å². The third-order valence-corrected chi connectivity index (χ3v) is 21.4. The predicted molar refractivity (Wildman–Crippen MR) is 353 cm³/mol. The first-order valence-corrected chi connectivity index (χ1v) is 40.8. The fourth-order valence-corrected chi connectivity index (χ4v) is 15.1. The van der Waals surface area contributed by atoms with E-state index in [1.54, 1.807) is 0 Å². The molecular formula is C72H148CrO4P2. The van der Waals surface area contributed by atoms with Gasteiger partial charge in [0, 0.05) is 14.7 Å². The van der Waals surface area contributed by atoms with Crippen LogP contribution in [0, 0.1) is 0 Å². The van der Waals surface area contributed by atoms with Gasteiger partial charge in [-0.3, -0.25) is 0 Å². The zero-order valence-electron chi connectivity index (χ0n) is 55.0. The van der Waals surface area contributed by atoms with Crippen LogP contribution in [0.3, 0.4) is 0 Å². The normalized spacial score (nSPS) is 11.8. The zero-order valence-corrected chi connectivity index (χ0v) is 58.1. The second-order valence-corrected chi connectivity index (χ2v) is 30.8. The molecule has 0 N–H and O–H groups in total. The summed E-state index contributed by atoms with van der Waals surface area (Å²) in [4.78, 5) is 24.7. The van der Waals surface area contributed by atoms with Crippen molar-refractivity contribution in [2.75, 3.05) is 24.6 Å². The molecule has 0 aliphatic heterocycles. The quantitative estimate of drug-likeness (QED) is 0.0449. The molecule has 0 fully saturated rings. The van der Waals surface area contributed by atoms with Crippen molar-refractivity contribution in [3.63, 3.8) is 0 Å². The van der Waals surface area contributed by atoms with Crippen LogP contribution in [0.4, 0.5) is 0 Å². The van der Waals surface area contributed by atoms with E-state index in [0.717, 1.165) is 51.4 Å². The average molecular weight is 1190 g/mol. The Morgan fingerprint density at radius 1 is 0.165 bits per heavy atom. The third kappa shape index (κ3) is 78.9. The van der Waals surface area contributed by atoms with E-state index in [-0.39, 0.29) is 17.4 Å². The molecule has 4 nitrogen and oxygen atoms in total. The molecule has 0 atom stereocenters. The SMILES string of the molecule is CCCCCCCCCCCCCCCCCCP(=O)([O-])CCCCCCCCCCCCCCCCCC.CCCCCCCCCCCCCCCCCCP(=O)([O-])CCCCCCCCCCCCCCCCCC.[Cr+2]. The van der Waals surface area contributed by atoms with E-state index in [1.807, 2.05) is 0 Å². The predicted octanol–water partition coefficient (Wildman–Crippen LogP) is 26.3. The van der Waals surface area contributed by atoms with E-state index in [0.29, 0.717) is 24.6 Å². The first-order valence-electron chi connectivity index (χ1n) is 36.8. The van der Waals surface area contributed by atoms with Gasteiger partial charge in [-0.2, -0.15) is 0 Å². The van der Waals surface area contributed by atoms with Crippen molar-refractivity contribution in [3.05, 3.63) is 0 Å².